The predicted molar refractivity (Wildman–Crippen MR) is 153 cm³/mol. The molecule has 1 fully saturated rings. The van der Waals surface area contributed by atoms with E-state index in [9.17, 15) is 28.4 Å². The van der Waals surface area contributed by atoms with Gasteiger partial charge in [-0.25, -0.2) is 9.78 Å². The Labute approximate surface area is 236 Å². The number of rotatable bonds is 11. The molecule has 41 heavy (non-hydrogen) atoms. The second-order valence-electron chi connectivity index (χ2n) is 10.2. The maximum absolute atomic E-state index is 13.2. The lowest BCUT2D eigenvalue weighted by atomic mass is 9.87. The first-order valence-corrected chi connectivity index (χ1v) is 14.8. The Morgan fingerprint density at radius 2 is 1.85 bits per heavy atom. The Kier molecular flexibility index (Phi) is 7.89. The predicted octanol–water partition coefficient (Wildman–Crippen LogP) is 5.73. The summed E-state index contributed by atoms with van der Waals surface area (Å²) in [5.41, 5.74) is 1.46. The van der Waals surface area contributed by atoms with E-state index in [1.165, 1.54) is 6.07 Å². The molecule has 4 aromatic rings. The highest BCUT2D eigenvalue weighted by atomic mass is 32.2. The maximum Gasteiger partial charge on any atom is 0.343 e. The molecule has 0 spiro atoms. The summed E-state index contributed by atoms with van der Waals surface area (Å²) in [5.74, 6) is 0.0974. The fourth-order valence-corrected chi connectivity index (χ4v) is 6.08. The van der Waals surface area contributed by atoms with Crippen LogP contribution in [-0.2, 0) is 16.4 Å². The average molecular weight is 576 g/mol. The van der Waals surface area contributed by atoms with Gasteiger partial charge in [-0.05, 0) is 60.9 Å². The maximum atomic E-state index is 13.2. The molecule has 5 rings (SSSR count). The smallest absolute Gasteiger partial charge is 0.343 e. The zero-order chi connectivity index (χ0) is 29.1. The van der Waals surface area contributed by atoms with Crippen molar-refractivity contribution in [3.8, 4) is 5.75 Å². The molecule has 0 saturated heterocycles. The van der Waals surface area contributed by atoms with Gasteiger partial charge in [-0.1, -0.05) is 49.4 Å². The van der Waals surface area contributed by atoms with Crippen molar-refractivity contribution in [2.75, 3.05) is 4.72 Å². The fraction of sp³-hybridized carbons (Fsp3) is 0.267. The Morgan fingerprint density at radius 1 is 1.10 bits per heavy atom. The third-order valence-electron chi connectivity index (χ3n) is 7.31. The van der Waals surface area contributed by atoms with Crippen molar-refractivity contribution in [1.29, 1.82) is 0 Å². The van der Waals surface area contributed by atoms with Crippen molar-refractivity contribution in [1.82, 2.24) is 4.98 Å². The first kappa shape index (κ1) is 28.0. The third-order valence-corrected chi connectivity index (χ3v) is 8.61. The van der Waals surface area contributed by atoms with Gasteiger partial charge in [0.05, 0.1) is 10.5 Å². The molecule has 1 aliphatic rings. The Bertz CT molecular complexity index is 1720. The minimum Gasteiger partial charge on any atom is -0.507 e. The monoisotopic (exact) mass is 575 g/mol. The summed E-state index contributed by atoms with van der Waals surface area (Å²) in [6.45, 7) is 1.94. The topological polar surface area (TPSA) is 153 Å². The lowest BCUT2D eigenvalue weighted by Gasteiger charge is -2.20. The Balaban J connectivity index is 1.36. The number of aromatic nitrogens is 1. The van der Waals surface area contributed by atoms with Crippen LogP contribution in [0.5, 0.6) is 5.75 Å². The summed E-state index contributed by atoms with van der Waals surface area (Å²) < 4.78 is 33.8. The van der Waals surface area contributed by atoms with Gasteiger partial charge in [0, 0.05) is 29.7 Å². The van der Waals surface area contributed by atoms with Crippen molar-refractivity contribution in [3.63, 3.8) is 0 Å². The van der Waals surface area contributed by atoms with Gasteiger partial charge in [-0.3, -0.25) is 14.8 Å². The van der Waals surface area contributed by atoms with Gasteiger partial charge in [0.1, 0.15) is 17.7 Å². The third kappa shape index (κ3) is 6.30. The molecule has 2 atom stereocenters. The zero-order valence-corrected chi connectivity index (χ0v) is 23.1. The second kappa shape index (κ2) is 11.5. The first-order chi connectivity index (χ1) is 19.7. The SMILES string of the molecule is CCC(Cc1cccc(NS(=O)(=O)c2ccc([N+](=O)[O-])cn2)c1)c1cc(O)c(C(c2ccccc2)C2CC2)c(=O)o1. The number of nitrogens with zero attached hydrogens (tertiary/aromatic N) is 2. The number of nitrogens with one attached hydrogen (secondary N) is 1. The van der Waals surface area contributed by atoms with Gasteiger partial charge < -0.3 is 9.52 Å². The van der Waals surface area contributed by atoms with Crippen LogP contribution < -0.4 is 10.3 Å². The summed E-state index contributed by atoms with van der Waals surface area (Å²) in [4.78, 5) is 27.1. The van der Waals surface area contributed by atoms with Crippen LogP contribution in [0, 0.1) is 16.0 Å². The summed E-state index contributed by atoms with van der Waals surface area (Å²) >= 11 is 0. The van der Waals surface area contributed by atoms with Gasteiger partial charge in [-0.15, -0.1) is 0 Å². The number of benzene rings is 2. The quantitative estimate of drug-likeness (QED) is 0.170. The van der Waals surface area contributed by atoms with E-state index >= 15 is 0 Å². The molecule has 1 aliphatic carbocycles. The molecule has 11 heteroatoms. The molecule has 212 valence electrons. The zero-order valence-electron chi connectivity index (χ0n) is 22.3. The highest BCUT2D eigenvalue weighted by Crippen LogP contribution is 2.47. The van der Waals surface area contributed by atoms with E-state index < -0.39 is 20.6 Å². The van der Waals surface area contributed by atoms with Gasteiger partial charge in [0.15, 0.2) is 5.03 Å². The number of pyridine rings is 1. The Hall–Kier alpha value is -4.51. The van der Waals surface area contributed by atoms with E-state index in [-0.39, 0.29) is 45.5 Å². The van der Waals surface area contributed by atoms with Crippen LogP contribution >= 0.6 is 0 Å². The van der Waals surface area contributed by atoms with Crippen LogP contribution in [0.3, 0.4) is 0 Å². The van der Waals surface area contributed by atoms with Gasteiger partial charge in [-0.2, -0.15) is 8.42 Å². The van der Waals surface area contributed by atoms with Gasteiger partial charge >= 0.3 is 5.63 Å². The number of sulfonamides is 1. The van der Waals surface area contributed by atoms with Crippen molar-refractivity contribution in [2.24, 2.45) is 5.92 Å². The molecule has 2 N–H and O–H groups in total. The highest BCUT2D eigenvalue weighted by Gasteiger charge is 2.37. The van der Waals surface area contributed by atoms with Crippen LogP contribution in [0.2, 0.25) is 0 Å². The van der Waals surface area contributed by atoms with Gasteiger partial charge in [0.2, 0.25) is 0 Å². The largest absolute Gasteiger partial charge is 0.507 e. The van der Waals surface area contributed by atoms with E-state index in [1.807, 2.05) is 43.3 Å². The lowest BCUT2D eigenvalue weighted by Crippen LogP contribution is -2.17. The molecule has 0 amide bonds. The van der Waals surface area contributed by atoms with Crippen LogP contribution in [-0.4, -0.2) is 23.4 Å². The second-order valence-corrected chi connectivity index (χ2v) is 11.8. The highest BCUT2D eigenvalue weighted by molar-refractivity contribution is 7.92. The standard InChI is InChI=1S/C30H29N3O7S/c1-2-20(26-17-25(34)29(30(35)40-26)28(22-11-12-22)21-8-4-3-5-9-21)15-19-7-6-10-23(16-19)32-41(38,39)27-14-13-24(18-31-27)33(36)37/h3-10,13-14,16-18,20,22,28,32,34H,2,11-12,15H2,1H3. The first-order valence-electron chi connectivity index (χ1n) is 13.3. The van der Waals surface area contributed by atoms with Crippen LogP contribution in [0.1, 0.15) is 60.5 Å². The number of aromatic hydroxyl groups is 1. The minimum absolute atomic E-state index is 0.0763. The van der Waals surface area contributed by atoms with Crippen molar-refractivity contribution in [2.45, 2.75) is 49.5 Å². The molecule has 2 unspecified atom stereocenters. The Morgan fingerprint density at radius 3 is 2.46 bits per heavy atom. The lowest BCUT2D eigenvalue weighted by molar-refractivity contribution is -0.385. The number of nitro groups is 1. The van der Waals surface area contributed by atoms with E-state index in [2.05, 4.69) is 9.71 Å². The van der Waals surface area contributed by atoms with E-state index in [1.54, 1.807) is 18.2 Å². The van der Waals surface area contributed by atoms with Crippen LogP contribution in [0.25, 0.3) is 0 Å². The molecule has 10 nitrogen and oxygen atoms in total. The molecule has 0 aliphatic heterocycles. The summed E-state index contributed by atoms with van der Waals surface area (Å²) in [7, 11) is -4.08. The van der Waals surface area contributed by atoms with Gasteiger partial charge in [0.25, 0.3) is 15.7 Å². The molecule has 2 aromatic carbocycles. The summed E-state index contributed by atoms with van der Waals surface area (Å²) in [6, 6.07) is 20.1. The molecule has 2 aromatic heterocycles. The van der Waals surface area contributed by atoms with Crippen molar-refractivity contribution >= 4 is 21.4 Å². The van der Waals surface area contributed by atoms with E-state index in [0.717, 1.165) is 42.3 Å². The molecule has 2 heterocycles. The van der Waals surface area contributed by atoms with E-state index in [0.29, 0.717) is 18.6 Å². The van der Waals surface area contributed by atoms with Crippen LogP contribution in [0.15, 0.2) is 93.2 Å². The molecule has 0 bridgehead atoms. The molecule has 1 saturated carbocycles. The normalized spacial score (nSPS) is 14.8. The summed E-state index contributed by atoms with van der Waals surface area (Å²) in [5, 5.41) is 21.5. The minimum atomic E-state index is -4.08. The summed E-state index contributed by atoms with van der Waals surface area (Å²) in [6.07, 6.45) is 3.89. The van der Waals surface area contributed by atoms with Crippen LogP contribution in [0.4, 0.5) is 11.4 Å². The number of hydrogen-bond acceptors (Lipinski definition) is 8. The van der Waals surface area contributed by atoms with E-state index in [4.69, 9.17) is 4.42 Å². The van der Waals surface area contributed by atoms with Crippen molar-refractivity contribution in [3.05, 3.63) is 122 Å². The molecular formula is C30H29N3O7S. The number of anilines is 1. The fourth-order valence-electron chi connectivity index (χ4n) is 5.10. The number of hydrogen-bond donors (Lipinski definition) is 2. The van der Waals surface area contributed by atoms with Crippen molar-refractivity contribution < 1.29 is 22.9 Å². The average Bonchev–Trinajstić information content (AvgIpc) is 3.79. The molecule has 0 radical (unpaired) electrons. The molecular weight excluding hydrogens is 546 g/mol.